The van der Waals surface area contributed by atoms with Gasteiger partial charge in [0.1, 0.15) is 5.75 Å². The fourth-order valence-electron chi connectivity index (χ4n) is 2.58. The van der Waals surface area contributed by atoms with Crippen LogP contribution in [0, 0.1) is 6.92 Å². The molecular formula is C22H26N2O5. The fourth-order valence-corrected chi connectivity index (χ4v) is 2.58. The maximum atomic E-state index is 12.1. The molecule has 0 aliphatic carbocycles. The Morgan fingerprint density at radius 1 is 0.931 bits per heavy atom. The smallest absolute Gasteiger partial charge is 0.434 e. The Hall–Kier alpha value is -3.35. The summed E-state index contributed by atoms with van der Waals surface area (Å²) in [5, 5.41) is 5.65. The lowest BCUT2D eigenvalue weighted by Crippen LogP contribution is -2.30. The lowest BCUT2D eigenvalue weighted by atomic mass is 10.1. The van der Waals surface area contributed by atoms with Crippen molar-refractivity contribution in [3.05, 3.63) is 65.2 Å². The minimum Gasteiger partial charge on any atom is -0.434 e. The molecular weight excluding hydrogens is 372 g/mol. The molecule has 2 rings (SSSR count). The van der Waals surface area contributed by atoms with Crippen LogP contribution in [0.2, 0.25) is 0 Å². The van der Waals surface area contributed by atoms with Crippen LogP contribution in [-0.2, 0) is 16.0 Å². The maximum absolute atomic E-state index is 12.1. The molecule has 0 saturated heterocycles. The predicted octanol–water partition coefficient (Wildman–Crippen LogP) is 3.01. The first-order chi connectivity index (χ1) is 14.0. The zero-order chi connectivity index (χ0) is 21.1. The summed E-state index contributed by atoms with van der Waals surface area (Å²) in [4.78, 5) is 35.4. The first kappa shape index (κ1) is 21.9. The van der Waals surface area contributed by atoms with E-state index in [4.69, 9.17) is 4.74 Å². The van der Waals surface area contributed by atoms with Crippen molar-refractivity contribution < 1.29 is 23.9 Å². The lowest BCUT2D eigenvalue weighted by Gasteiger charge is -2.09. The molecule has 0 aliphatic rings. The van der Waals surface area contributed by atoms with E-state index in [2.05, 4.69) is 15.4 Å². The summed E-state index contributed by atoms with van der Waals surface area (Å²) >= 11 is 0. The van der Waals surface area contributed by atoms with Crippen molar-refractivity contribution >= 4 is 18.0 Å². The van der Waals surface area contributed by atoms with Crippen LogP contribution in [-0.4, -0.2) is 37.7 Å². The quantitative estimate of drug-likeness (QED) is 0.385. The Morgan fingerprint density at radius 3 is 2.31 bits per heavy atom. The van der Waals surface area contributed by atoms with Gasteiger partial charge in [-0.2, -0.15) is 0 Å². The van der Waals surface area contributed by atoms with Crippen LogP contribution in [0.25, 0.3) is 0 Å². The molecule has 0 heterocycles. The summed E-state index contributed by atoms with van der Waals surface area (Å²) in [7, 11) is 0. The fraction of sp³-hybridized carbons (Fsp3) is 0.318. The molecule has 2 N–H and O–H groups in total. The number of aryl methyl sites for hydroxylation is 1. The normalized spacial score (nSPS) is 10.1. The molecule has 29 heavy (non-hydrogen) atoms. The minimum absolute atomic E-state index is 0.0391. The molecule has 0 atom stereocenters. The molecule has 0 fully saturated rings. The van der Waals surface area contributed by atoms with Gasteiger partial charge in [0.2, 0.25) is 5.91 Å². The summed E-state index contributed by atoms with van der Waals surface area (Å²) < 4.78 is 9.63. The third kappa shape index (κ3) is 7.65. The van der Waals surface area contributed by atoms with Crippen LogP contribution in [0.15, 0.2) is 48.5 Å². The van der Waals surface area contributed by atoms with Crippen molar-refractivity contribution in [2.75, 3.05) is 19.7 Å². The third-order valence-corrected chi connectivity index (χ3v) is 4.15. The van der Waals surface area contributed by atoms with Crippen molar-refractivity contribution in [2.24, 2.45) is 0 Å². The molecule has 7 heteroatoms. The minimum atomic E-state index is -0.783. The Kier molecular flexibility index (Phi) is 8.69. The highest BCUT2D eigenvalue weighted by molar-refractivity contribution is 5.94. The molecule has 2 aromatic carbocycles. The van der Waals surface area contributed by atoms with Crippen molar-refractivity contribution in [3.8, 4) is 5.75 Å². The molecule has 0 aromatic heterocycles. The van der Waals surface area contributed by atoms with Crippen molar-refractivity contribution in [3.63, 3.8) is 0 Å². The van der Waals surface area contributed by atoms with Crippen LogP contribution < -0.4 is 15.4 Å². The number of benzene rings is 2. The average molecular weight is 398 g/mol. The number of carbonyl (C=O) groups excluding carboxylic acids is 3. The third-order valence-electron chi connectivity index (χ3n) is 4.15. The van der Waals surface area contributed by atoms with Crippen molar-refractivity contribution in [1.29, 1.82) is 0 Å². The van der Waals surface area contributed by atoms with E-state index in [1.165, 1.54) is 12.1 Å². The van der Waals surface area contributed by atoms with Gasteiger partial charge in [-0.3, -0.25) is 9.59 Å². The zero-order valence-corrected chi connectivity index (χ0v) is 16.7. The van der Waals surface area contributed by atoms with Gasteiger partial charge in [0.25, 0.3) is 5.91 Å². The van der Waals surface area contributed by atoms with Gasteiger partial charge in [0.05, 0.1) is 13.0 Å². The van der Waals surface area contributed by atoms with Gasteiger partial charge in [-0.05, 0) is 55.7 Å². The molecule has 2 amide bonds. The predicted molar refractivity (Wildman–Crippen MR) is 109 cm³/mol. The van der Waals surface area contributed by atoms with Crippen molar-refractivity contribution in [2.45, 2.75) is 26.7 Å². The van der Waals surface area contributed by atoms with Gasteiger partial charge >= 0.3 is 6.16 Å². The first-order valence-corrected chi connectivity index (χ1v) is 9.53. The molecule has 0 spiro atoms. The van der Waals surface area contributed by atoms with Gasteiger partial charge in [-0.1, -0.05) is 24.3 Å². The standard InChI is InChI=1S/C22H26N2O5/c1-3-28-22(27)29-19-11-9-17(10-12-19)21(26)24-14-6-13-23-20(25)15-18-8-5-4-7-16(18)2/h4-5,7-12H,3,6,13-15H2,1-2H3,(H,23,25)(H,24,26). The molecule has 0 aliphatic heterocycles. The second-order valence-corrected chi connectivity index (χ2v) is 6.37. The van der Waals surface area contributed by atoms with Crippen LogP contribution in [0.3, 0.4) is 0 Å². The van der Waals surface area contributed by atoms with Gasteiger partial charge < -0.3 is 20.1 Å². The maximum Gasteiger partial charge on any atom is 0.513 e. The van der Waals surface area contributed by atoms with E-state index >= 15 is 0 Å². The number of hydrogen-bond acceptors (Lipinski definition) is 5. The van der Waals surface area contributed by atoms with Crippen LogP contribution in [0.1, 0.15) is 34.8 Å². The highest BCUT2D eigenvalue weighted by Crippen LogP contribution is 2.13. The molecule has 0 radical (unpaired) electrons. The van der Waals surface area contributed by atoms with Gasteiger partial charge in [0.15, 0.2) is 0 Å². The molecule has 0 saturated carbocycles. The van der Waals surface area contributed by atoms with Gasteiger partial charge in [-0.25, -0.2) is 4.79 Å². The van der Waals surface area contributed by atoms with E-state index in [0.717, 1.165) is 11.1 Å². The van der Waals surface area contributed by atoms with E-state index in [9.17, 15) is 14.4 Å². The average Bonchev–Trinajstić information content (AvgIpc) is 2.70. The monoisotopic (exact) mass is 398 g/mol. The Morgan fingerprint density at radius 2 is 1.62 bits per heavy atom. The Bertz CT molecular complexity index is 833. The van der Waals surface area contributed by atoms with E-state index in [1.807, 2.05) is 31.2 Å². The molecule has 154 valence electrons. The Labute approximate surface area is 170 Å². The lowest BCUT2D eigenvalue weighted by molar-refractivity contribution is -0.120. The van der Waals surface area contributed by atoms with Crippen LogP contribution >= 0.6 is 0 Å². The highest BCUT2D eigenvalue weighted by atomic mass is 16.7. The second-order valence-electron chi connectivity index (χ2n) is 6.37. The Balaban J connectivity index is 1.66. The molecule has 7 nitrogen and oxygen atoms in total. The SMILES string of the molecule is CCOC(=O)Oc1ccc(C(=O)NCCCNC(=O)Cc2ccccc2C)cc1. The van der Waals surface area contributed by atoms with E-state index in [0.29, 0.717) is 37.2 Å². The van der Waals surface area contributed by atoms with Crippen molar-refractivity contribution in [1.82, 2.24) is 10.6 Å². The van der Waals surface area contributed by atoms with Crippen LogP contribution in [0.4, 0.5) is 4.79 Å². The van der Waals surface area contributed by atoms with E-state index in [-0.39, 0.29) is 18.4 Å². The summed E-state index contributed by atoms with van der Waals surface area (Å²) in [6.45, 7) is 4.81. The van der Waals surface area contributed by atoms with Crippen LogP contribution in [0.5, 0.6) is 5.75 Å². The summed E-state index contributed by atoms with van der Waals surface area (Å²) in [6, 6.07) is 14.0. The number of carbonyl (C=O) groups is 3. The topological polar surface area (TPSA) is 93.7 Å². The molecule has 2 aromatic rings. The first-order valence-electron chi connectivity index (χ1n) is 9.53. The van der Waals surface area contributed by atoms with Gasteiger partial charge in [-0.15, -0.1) is 0 Å². The van der Waals surface area contributed by atoms with Gasteiger partial charge in [0, 0.05) is 18.7 Å². The molecule has 0 unspecified atom stereocenters. The largest absolute Gasteiger partial charge is 0.513 e. The summed E-state index contributed by atoms with van der Waals surface area (Å²) in [5.41, 5.74) is 2.55. The zero-order valence-electron chi connectivity index (χ0n) is 16.7. The second kappa shape index (κ2) is 11.5. The summed E-state index contributed by atoms with van der Waals surface area (Å²) in [6.07, 6.45) is 0.184. The highest BCUT2D eigenvalue weighted by Gasteiger charge is 2.08. The number of rotatable bonds is 9. The number of hydrogen-bond donors (Lipinski definition) is 2. The molecule has 0 bridgehead atoms. The van der Waals surface area contributed by atoms with E-state index in [1.54, 1.807) is 19.1 Å². The summed E-state index contributed by atoms with van der Waals surface area (Å²) in [5.74, 6) is 0.0260. The number of ether oxygens (including phenoxy) is 2. The number of nitrogens with one attached hydrogen (secondary N) is 2. The van der Waals surface area contributed by atoms with E-state index < -0.39 is 6.16 Å². The number of amides is 2.